The number of hydrogen-bond donors (Lipinski definition) is 0. The third-order valence-corrected chi connectivity index (χ3v) is 4.05. The number of rotatable bonds is 4. The Hall–Kier alpha value is -1.80. The van der Waals surface area contributed by atoms with E-state index in [0.29, 0.717) is 0 Å². The van der Waals surface area contributed by atoms with Crippen LogP contribution in [0.25, 0.3) is 0 Å². The van der Waals surface area contributed by atoms with Crippen molar-refractivity contribution in [3.8, 4) is 6.07 Å². The smallest absolute Gasteiger partial charge is 0.350 e. The first-order valence-corrected chi connectivity index (χ1v) is 7.22. The highest BCUT2D eigenvalue weighted by molar-refractivity contribution is 7.10. The van der Waals surface area contributed by atoms with Gasteiger partial charge in [-0.05, 0) is 31.2 Å². The molecule has 5 heteroatoms. The second-order valence-corrected chi connectivity index (χ2v) is 5.27. The molecule has 0 saturated carbocycles. The summed E-state index contributed by atoms with van der Waals surface area (Å²) in [6.45, 7) is 2.89. The third-order valence-electron chi connectivity index (χ3n) is 3.08. The van der Waals surface area contributed by atoms with Crippen LogP contribution in [0.1, 0.15) is 30.7 Å². The maximum Gasteiger partial charge on any atom is 0.350 e. The van der Waals surface area contributed by atoms with Crippen LogP contribution in [-0.4, -0.2) is 24.0 Å². The van der Waals surface area contributed by atoms with E-state index in [2.05, 4.69) is 11.0 Å². The van der Waals surface area contributed by atoms with Gasteiger partial charge in [0.05, 0.1) is 12.6 Å². The van der Waals surface area contributed by atoms with Crippen LogP contribution in [0.3, 0.4) is 0 Å². The van der Waals surface area contributed by atoms with Gasteiger partial charge in [0.25, 0.3) is 0 Å². The zero-order valence-corrected chi connectivity index (χ0v) is 11.7. The lowest BCUT2D eigenvalue weighted by molar-refractivity contribution is -0.138. The molecule has 4 nitrogen and oxygen atoms in total. The Bertz CT molecular complexity index is 502. The molecule has 0 aromatic carbocycles. The normalized spacial score (nSPS) is 19.3. The first kappa shape index (κ1) is 13.6. The highest BCUT2D eigenvalue weighted by Crippen LogP contribution is 2.34. The Morgan fingerprint density at radius 2 is 2.58 bits per heavy atom. The highest BCUT2D eigenvalue weighted by Gasteiger charge is 2.26. The molecule has 0 N–H and O–H groups in total. The number of likely N-dealkylation sites (tertiary alicyclic amines) is 1. The van der Waals surface area contributed by atoms with E-state index in [9.17, 15) is 4.79 Å². The standard InChI is InChI=1S/C14H16N2O2S/c1-2-18-14(17)11(9-15)10-16-7-3-5-12(16)13-6-4-8-19-13/h4,6,8,10,12H,2-3,5,7H2,1H3/b11-10+. The lowest BCUT2D eigenvalue weighted by atomic mass is 10.2. The monoisotopic (exact) mass is 276 g/mol. The Labute approximate surface area is 116 Å². The van der Waals surface area contributed by atoms with Crippen molar-refractivity contribution in [1.29, 1.82) is 5.26 Å². The summed E-state index contributed by atoms with van der Waals surface area (Å²) >= 11 is 1.71. The number of hydrogen-bond acceptors (Lipinski definition) is 5. The molecule has 1 aromatic rings. The van der Waals surface area contributed by atoms with Crippen molar-refractivity contribution < 1.29 is 9.53 Å². The van der Waals surface area contributed by atoms with Crippen LogP contribution >= 0.6 is 11.3 Å². The van der Waals surface area contributed by atoms with Gasteiger partial charge in [-0.3, -0.25) is 0 Å². The van der Waals surface area contributed by atoms with Crippen LogP contribution in [0.5, 0.6) is 0 Å². The number of ether oxygens (including phenoxy) is 1. The molecular formula is C14H16N2O2S. The predicted molar refractivity (Wildman–Crippen MR) is 73.3 cm³/mol. The number of carbonyl (C=O) groups is 1. The highest BCUT2D eigenvalue weighted by atomic mass is 32.1. The van der Waals surface area contributed by atoms with Crippen molar-refractivity contribution in [3.63, 3.8) is 0 Å². The number of nitrogens with zero attached hydrogens (tertiary/aromatic N) is 2. The Kier molecular flexibility index (Phi) is 4.58. The fourth-order valence-corrected chi connectivity index (χ4v) is 3.11. The second kappa shape index (κ2) is 6.39. The van der Waals surface area contributed by atoms with Gasteiger partial charge in [-0.2, -0.15) is 5.26 Å². The Morgan fingerprint density at radius 1 is 1.74 bits per heavy atom. The maximum absolute atomic E-state index is 11.6. The number of esters is 1. The molecule has 0 spiro atoms. The average molecular weight is 276 g/mol. The quantitative estimate of drug-likeness (QED) is 0.482. The van der Waals surface area contributed by atoms with E-state index in [0.717, 1.165) is 19.4 Å². The van der Waals surface area contributed by atoms with Crippen molar-refractivity contribution in [3.05, 3.63) is 34.2 Å². The SMILES string of the molecule is CCOC(=O)/C(C#N)=C/N1CCCC1c1cccs1. The van der Waals surface area contributed by atoms with E-state index in [-0.39, 0.29) is 18.2 Å². The maximum atomic E-state index is 11.6. The van der Waals surface area contributed by atoms with Gasteiger partial charge >= 0.3 is 5.97 Å². The minimum Gasteiger partial charge on any atom is -0.462 e. The van der Waals surface area contributed by atoms with Gasteiger partial charge in [0.1, 0.15) is 6.07 Å². The van der Waals surface area contributed by atoms with Crippen molar-refractivity contribution in [1.82, 2.24) is 4.90 Å². The van der Waals surface area contributed by atoms with Gasteiger partial charge in [0.2, 0.25) is 0 Å². The Morgan fingerprint density at radius 3 is 3.21 bits per heavy atom. The summed E-state index contributed by atoms with van der Waals surface area (Å²) in [5, 5.41) is 11.1. The van der Waals surface area contributed by atoms with E-state index in [1.807, 2.05) is 17.5 Å². The molecule has 1 fully saturated rings. The molecule has 1 unspecified atom stereocenters. The van der Waals surface area contributed by atoms with Crippen LogP contribution in [0.2, 0.25) is 0 Å². The van der Waals surface area contributed by atoms with Gasteiger partial charge in [0.15, 0.2) is 5.57 Å². The second-order valence-electron chi connectivity index (χ2n) is 4.29. The van der Waals surface area contributed by atoms with Crippen LogP contribution in [0.4, 0.5) is 0 Å². The average Bonchev–Trinajstić information content (AvgIpc) is 3.06. The topological polar surface area (TPSA) is 53.3 Å². The summed E-state index contributed by atoms with van der Waals surface area (Å²) < 4.78 is 4.88. The summed E-state index contributed by atoms with van der Waals surface area (Å²) in [6, 6.07) is 6.32. The fourth-order valence-electron chi connectivity index (χ4n) is 2.23. The summed E-state index contributed by atoms with van der Waals surface area (Å²) in [7, 11) is 0. The van der Waals surface area contributed by atoms with Crippen molar-refractivity contribution in [2.75, 3.05) is 13.2 Å². The first-order chi connectivity index (χ1) is 9.26. The molecule has 1 aromatic heterocycles. The molecule has 0 bridgehead atoms. The molecule has 1 atom stereocenters. The van der Waals surface area contributed by atoms with Crippen LogP contribution < -0.4 is 0 Å². The van der Waals surface area contributed by atoms with Crippen LogP contribution in [0, 0.1) is 11.3 Å². The van der Waals surface area contributed by atoms with Crippen molar-refractivity contribution in [2.45, 2.75) is 25.8 Å². The van der Waals surface area contributed by atoms with Gasteiger partial charge in [-0.25, -0.2) is 4.79 Å². The number of nitriles is 1. The summed E-state index contributed by atoms with van der Waals surface area (Å²) in [5.41, 5.74) is 0.0744. The molecule has 100 valence electrons. The van der Waals surface area contributed by atoms with Crippen molar-refractivity contribution in [2.24, 2.45) is 0 Å². The first-order valence-electron chi connectivity index (χ1n) is 6.34. The molecule has 2 rings (SSSR count). The van der Waals surface area contributed by atoms with E-state index in [1.165, 1.54) is 4.88 Å². The largest absolute Gasteiger partial charge is 0.462 e. The molecular weight excluding hydrogens is 260 g/mol. The van der Waals surface area contributed by atoms with Gasteiger partial charge in [0, 0.05) is 17.6 Å². The zero-order valence-electron chi connectivity index (χ0n) is 10.8. The zero-order chi connectivity index (χ0) is 13.7. The molecule has 1 aliphatic heterocycles. The van der Waals surface area contributed by atoms with E-state index >= 15 is 0 Å². The van der Waals surface area contributed by atoms with Crippen LogP contribution in [0.15, 0.2) is 29.3 Å². The Balaban J connectivity index is 2.16. The minimum absolute atomic E-state index is 0.0744. The van der Waals surface area contributed by atoms with Gasteiger partial charge < -0.3 is 9.64 Å². The predicted octanol–water partition coefficient (Wildman–Crippen LogP) is 2.86. The summed E-state index contributed by atoms with van der Waals surface area (Å²) in [6.07, 6.45) is 3.77. The number of carbonyl (C=O) groups excluding carboxylic acids is 1. The summed E-state index contributed by atoms with van der Waals surface area (Å²) in [4.78, 5) is 15.0. The van der Waals surface area contributed by atoms with E-state index in [4.69, 9.17) is 10.00 Å². The fraction of sp³-hybridized carbons (Fsp3) is 0.429. The van der Waals surface area contributed by atoms with E-state index < -0.39 is 5.97 Å². The summed E-state index contributed by atoms with van der Waals surface area (Å²) in [5.74, 6) is -0.540. The molecule has 19 heavy (non-hydrogen) atoms. The minimum atomic E-state index is -0.540. The van der Waals surface area contributed by atoms with E-state index in [1.54, 1.807) is 24.5 Å². The van der Waals surface area contributed by atoms with Gasteiger partial charge in [-0.15, -0.1) is 11.3 Å². The van der Waals surface area contributed by atoms with Gasteiger partial charge in [-0.1, -0.05) is 6.07 Å². The molecule has 2 heterocycles. The van der Waals surface area contributed by atoms with Crippen LogP contribution in [-0.2, 0) is 9.53 Å². The molecule has 0 radical (unpaired) electrons. The number of thiophene rings is 1. The molecule has 1 saturated heterocycles. The lowest BCUT2D eigenvalue weighted by Crippen LogP contribution is -2.19. The molecule has 1 aliphatic rings. The van der Waals surface area contributed by atoms with Crippen molar-refractivity contribution >= 4 is 17.3 Å². The lowest BCUT2D eigenvalue weighted by Gasteiger charge is -2.21. The third kappa shape index (κ3) is 3.15. The molecule has 0 aliphatic carbocycles. The molecule has 0 amide bonds.